The molecular formula is C21H32O3. The summed E-state index contributed by atoms with van der Waals surface area (Å²) in [5.41, 5.74) is 0.113. The molecule has 0 aliphatic heterocycles. The summed E-state index contributed by atoms with van der Waals surface area (Å²) in [7, 11) is 0. The Kier molecular flexibility index (Phi) is 4.15. The van der Waals surface area contributed by atoms with Crippen molar-refractivity contribution in [1.29, 1.82) is 0 Å². The van der Waals surface area contributed by atoms with Crippen molar-refractivity contribution < 1.29 is 15.3 Å². The second-order valence-electron chi connectivity index (χ2n) is 9.33. The van der Waals surface area contributed by atoms with Gasteiger partial charge < -0.3 is 15.3 Å². The van der Waals surface area contributed by atoms with Crippen LogP contribution in [0.1, 0.15) is 65.4 Å². The summed E-state index contributed by atoms with van der Waals surface area (Å²) in [6.07, 6.45) is 5.89. The molecule has 2 saturated carbocycles. The highest BCUT2D eigenvalue weighted by Gasteiger charge is 2.57. The minimum atomic E-state index is -0.770. The minimum Gasteiger partial charge on any atom is -0.508 e. The lowest BCUT2D eigenvalue weighted by atomic mass is 9.45. The van der Waals surface area contributed by atoms with E-state index >= 15 is 0 Å². The third-order valence-corrected chi connectivity index (χ3v) is 7.30. The van der Waals surface area contributed by atoms with E-state index < -0.39 is 5.60 Å². The molecule has 0 spiro atoms. The van der Waals surface area contributed by atoms with Crippen LogP contribution >= 0.6 is 0 Å². The van der Waals surface area contributed by atoms with E-state index in [0.717, 1.165) is 19.3 Å². The van der Waals surface area contributed by atoms with Gasteiger partial charge in [-0.2, -0.15) is 0 Å². The Bertz CT molecular complexity index is 599. The summed E-state index contributed by atoms with van der Waals surface area (Å²) < 4.78 is 0. The second-order valence-corrected chi connectivity index (χ2v) is 9.33. The highest BCUT2D eigenvalue weighted by molar-refractivity contribution is 5.43. The fraction of sp³-hybridized carbons (Fsp3) is 0.714. The molecule has 3 N–H and O–H groups in total. The molecule has 1 aromatic rings. The quantitative estimate of drug-likeness (QED) is 0.740. The predicted molar refractivity (Wildman–Crippen MR) is 96.1 cm³/mol. The Morgan fingerprint density at radius 1 is 1.00 bits per heavy atom. The van der Waals surface area contributed by atoms with Gasteiger partial charge in [-0.25, -0.2) is 0 Å². The molecule has 3 heteroatoms. The van der Waals surface area contributed by atoms with Crippen LogP contribution in [0.15, 0.2) is 18.2 Å². The fourth-order valence-corrected chi connectivity index (χ4v) is 6.05. The molecule has 3 nitrogen and oxygen atoms in total. The van der Waals surface area contributed by atoms with Gasteiger partial charge in [-0.1, -0.05) is 33.3 Å². The normalized spacial score (nSPS) is 38.5. The average Bonchev–Trinajstić information content (AvgIpc) is 2.44. The monoisotopic (exact) mass is 332 g/mol. The maximum atomic E-state index is 11.2. The Morgan fingerprint density at radius 2 is 1.62 bits per heavy atom. The third kappa shape index (κ3) is 2.71. The first kappa shape index (κ1) is 17.6. The molecule has 2 aliphatic rings. The van der Waals surface area contributed by atoms with Gasteiger partial charge in [0.1, 0.15) is 11.5 Å². The van der Waals surface area contributed by atoms with Crippen LogP contribution in [-0.2, 0) is 6.42 Å². The van der Waals surface area contributed by atoms with E-state index in [1.807, 2.05) is 6.92 Å². The van der Waals surface area contributed by atoms with Crippen molar-refractivity contribution in [2.45, 2.75) is 71.8 Å². The van der Waals surface area contributed by atoms with Crippen molar-refractivity contribution in [1.82, 2.24) is 0 Å². The van der Waals surface area contributed by atoms with Crippen molar-refractivity contribution in [3.8, 4) is 11.5 Å². The van der Waals surface area contributed by atoms with Gasteiger partial charge in [-0.05, 0) is 73.8 Å². The molecule has 0 bridgehead atoms. The van der Waals surface area contributed by atoms with Crippen LogP contribution in [0.2, 0.25) is 0 Å². The molecule has 0 heterocycles. The molecule has 0 radical (unpaired) electrons. The zero-order valence-electron chi connectivity index (χ0n) is 15.5. The van der Waals surface area contributed by atoms with Crippen LogP contribution < -0.4 is 0 Å². The molecule has 0 amide bonds. The number of benzene rings is 1. The van der Waals surface area contributed by atoms with Gasteiger partial charge in [0.05, 0.1) is 5.60 Å². The Morgan fingerprint density at radius 3 is 2.25 bits per heavy atom. The smallest absolute Gasteiger partial charge is 0.122 e. The zero-order valence-corrected chi connectivity index (χ0v) is 15.5. The summed E-state index contributed by atoms with van der Waals surface area (Å²) >= 11 is 0. The maximum absolute atomic E-state index is 11.2. The van der Waals surface area contributed by atoms with Crippen molar-refractivity contribution in [3.63, 3.8) is 0 Å². The molecule has 24 heavy (non-hydrogen) atoms. The SMILES string of the molecule is CC1(C)CCC[C@]2(C)[C@@H](Cc3c(O)cccc3O)[C@](C)(O)CC[C@@H]12. The number of hydrogen-bond acceptors (Lipinski definition) is 3. The largest absolute Gasteiger partial charge is 0.508 e. The summed E-state index contributed by atoms with van der Waals surface area (Å²) in [4.78, 5) is 0. The van der Waals surface area contributed by atoms with E-state index in [9.17, 15) is 15.3 Å². The molecular weight excluding hydrogens is 300 g/mol. The highest BCUT2D eigenvalue weighted by atomic mass is 16.3. The number of phenolic OH excluding ortho intramolecular Hbond substituents is 2. The third-order valence-electron chi connectivity index (χ3n) is 7.30. The first-order valence-electron chi connectivity index (χ1n) is 9.30. The first-order chi connectivity index (χ1) is 11.1. The molecule has 0 aromatic heterocycles. The lowest BCUT2D eigenvalue weighted by Gasteiger charge is -2.61. The molecule has 2 aliphatic carbocycles. The number of phenols is 2. The van der Waals surface area contributed by atoms with E-state index in [1.165, 1.54) is 12.8 Å². The van der Waals surface area contributed by atoms with Gasteiger partial charge in [0.25, 0.3) is 0 Å². The predicted octanol–water partition coefficient (Wildman–Crippen LogP) is 4.63. The molecule has 4 atom stereocenters. The Labute approximate surface area is 145 Å². The number of aromatic hydroxyl groups is 2. The van der Waals surface area contributed by atoms with E-state index in [0.29, 0.717) is 17.9 Å². The number of hydrogen-bond donors (Lipinski definition) is 3. The molecule has 3 rings (SSSR count). The first-order valence-corrected chi connectivity index (χ1v) is 9.30. The molecule has 2 fully saturated rings. The maximum Gasteiger partial charge on any atom is 0.122 e. The topological polar surface area (TPSA) is 60.7 Å². The average molecular weight is 332 g/mol. The van der Waals surface area contributed by atoms with E-state index in [-0.39, 0.29) is 28.2 Å². The lowest BCUT2D eigenvalue weighted by molar-refractivity contribution is -0.166. The standard InChI is InChI=1S/C21H32O3/c1-19(2)10-6-11-20(3)17(19)9-12-21(4,24)18(20)13-14-15(22)7-5-8-16(14)23/h5,7-8,17-18,22-24H,6,9-13H2,1-4H3/t17-,18+,20-,21+/m0/s1. The van der Waals surface area contributed by atoms with Crippen LogP contribution in [-0.4, -0.2) is 20.9 Å². The zero-order chi connectivity index (χ0) is 17.8. The van der Waals surface area contributed by atoms with Crippen LogP contribution in [0, 0.1) is 22.7 Å². The van der Waals surface area contributed by atoms with Crippen molar-refractivity contribution in [2.24, 2.45) is 22.7 Å². The van der Waals surface area contributed by atoms with E-state index in [1.54, 1.807) is 18.2 Å². The molecule has 134 valence electrons. The summed E-state index contributed by atoms with van der Waals surface area (Å²) in [5, 5.41) is 31.7. The Hall–Kier alpha value is -1.22. The highest BCUT2D eigenvalue weighted by Crippen LogP contribution is 2.62. The number of fused-ring (bicyclic) bond motifs is 1. The summed E-state index contributed by atoms with van der Waals surface area (Å²) in [6.45, 7) is 9.00. The van der Waals surface area contributed by atoms with Gasteiger partial charge >= 0.3 is 0 Å². The Balaban J connectivity index is 2.02. The number of aliphatic hydroxyl groups is 1. The van der Waals surface area contributed by atoms with Crippen molar-refractivity contribution in [3.05, 3.63) is 23.8 Å². The lowest BCUT2D eigenvalue weighted by Crippen LogP contribution is -2.58. The van der Waals surface area contributed by atoms with Gasteiger partial charge in [0.15, 0.2) is 0 Å². The van der Waals surface area contributed by atoms with Crippen LogP contribution in [0.5, 0.6) is 11.5 Å². The summed E-state index contributed by atoms with van der Waals surface area (Å²) in [5.74, 6) is 0.859. The van der Waals surface area contributed by atoms with Gasteiger partial charge in [0, 0.05) is 5.56 Å². The molecule has 0 unspecified atom stereocenters. The molecule has 0 saturated heterocycles. The van der Waals surface area contributed by atoms with E-state index in [2.05, 4.69) is 20.8 Å². The van der Waals surface area contributed by atoms with E-state index in [4.69, 9.17) is 0 Å². The molecule has 1 aromatic carbocycles. The summed E-state index contributed by atoms with van der Waals surface area (Å²) in [6, 6.07) is 4.90. The van der Waals surface area contributed by atoms with Crippen LogP contribution in [0.25, 0.3) is 0 Å². The van der Waals surface area contributed by atoms with Crippen LogP contribution in [0.4, 0.5) is 0 Å². The van der Waals surface area contributed by atoms with Gasteiger partial charge in [0.2, 0.25) is 0 Å². The van der Waals surface area contributed by atoms with Crippen LogP contribution in [0.3, 0.4) is 0 Å². The number of rotatable bonds is 2. The van der Waals surface area contributed by atoms with Crippen molar-refractivity contribution >= 4 is 0 Å². The minimum absolute atomic E-state index is 0.0260. The second kappa shape index (κ2) is 5.66. The van der Waals surface area contributed by atoms with Gasteiger partial charge in [-0.3, -0.25) is 0 Å². The van der Waals surface area contributed by atoms with Gasteiger partial charge in [-0.15, -0.1) is 0 Å². The van der Waals surface area contributed by atoms with Crippen molar-refractivity contribution in [2.75, 3.05) is 0 Å². The fourth-order valence-electron chi connectivity index (χ4n) is 6.05.